The van der Waals surface area contributed by atoms with E-state index in [-0.39, 0.29) is 6.42 Å². The van der Waals surface area contributed by atoms with E-state index in [1.165, 1.54) is 0 Å². The Morgan fingerprint density at radius 3 is 2.44 bits per heavy atom. The maximum atomic E-state index is 10.6. The van der Waals surface area contributed by atoms with E-state index in [0.717, 1.165) is 16.7 Å². The summed E-state index contributed by atoms with van der Waals surface area (Å²) in [6.07, 6.45) is 0.548. The Labute approximate surface area is 111 Å². The van der Waals surface area contributed by atoms with Gasteiger partial charge in [-0.05, 0) is 17.5 Å². The van der Waals surface area contributed by atoms with Crippen LogP contribution >= 0.6 is 11.6 Å². The lowest BCUT2D eigenvalue weighted by Gasteiger charge is -2.09. The molecule has 0 fully saturated rings. The summed E-state index contributed by atoms with van der Waals surface area (Å²) in [7, 11) is 0. The fourth-order valence-electron chi connectivity index (χ4n) is 1.86. The van der Waals surface area contributed by atoms with Gasteiger partial charge in [0.2, 0.25) is 0 Å². The second-order valence-electron chi connectivity index (χ2n) is 4.04. The predicted octanol–water partition coefficient (Wildman–Crippen LogP) is 4.02. The van der Waals surface area contributed by atoms with Crippen LogP contribution in [0.3, 0.4) is 0 Å². The second-order valence-corrected chi connectivity index (χ2v) is 4.42. The third kappa shape index (κ3) is 2.90. The van der Waals surface area contributed by atoms with E-state index in [9.17, 15) is 4.79 Å². The molecule has 0 aliphatic carbocycles. The summed E-state index contributed by atoms with van der Waals surface area (Å²) >= 11 is 6.33. The van der Waals surface area contributed by atoms with Crippen LogP contribution in [-0.4, -0.2) is 11.1 Å². The lowest BCUT2D eigenvalue weighted by atomic mass is 10.0. The van der Waals surface area contributed by atoms with Crippen molar-refractivity contribution in [3.05, 3.63) is 59.1 Å². The standard InChI is InChI=1S/C15H13ClO2/c16-15-12(9-10-14(17)18)7-4-8-13(15)11-5-2-1-3-6-11/h1-8H,9-10H2,(H,17,18). The molecule has 0 atom stereocenters. The molecule has 0 amide bonds. The highest BCUT2D eigenvalue weighted by Crippen LogP contribution is 2.31. The van der Waals surface area contributed by atoms with Crippen LogP contribution in [0.2, 0.25) is 5.02 Å². The quantitative estimate of drug-likeness (QED) is 0.901. The molecule has 2 nitrogen and oxygen atoms in total. The van der Waals surface area contributed by atoms with Gasteiger partial charge in [-0.15, -0.1) is 0 Å². The number of rotatable bonds is 4. The van der Waals surface area contributed by atoms with Gasteiger partial charge in [0.25, 0.3) is 0 Å². The topological polar surface area (TPSA) is 37.3 Å². The summed E-state index contributed by atoms with van der Waals surface area (Å²) in [5.74, 6) is -0.809. The van der Waals surface area contributed by atoms with E-state index in [1.54, 1.807) is 0 Å². The Morgan fingerprint density at radius 2 is 1.78 bits per heavy atom. The van der Waals surface area contributed by atoms with Crippen molar-refractivity contribution in [1.29, 1.82) is 0 Å². The van der Waals surface area contributed by atoms with E-state index in [4.69, 9.17) is 16.7 Å². The third-order valence-electron chi connectivity index (χ3n) is 2.77. The number of carbonyl (C=O) groups is 1. The maximum Gasteiger partial charge on any atom is 0.303 e. The fraction of sp³-hybridized carbons (Fsp3) is 0.133. The minimum atomic E-state index is -0.809. The Morgan fingerprint density at radius 1 is 1.06 bits per heavy atom. The molecule has 0 saturated heterocycles. The zero-order chi connectivity index (χ0) is 13.0. The first kappa shape index (κ1) is 12.7. The summed E-state index contributed by atoms with van der Waals surface area (Å²) in [5, 5.41) is 9.35. The number of halogens is 1. The van der Waals surface area contributed by atoms with Crippen molar-refractivity contribution >= 4 is 17.6 Å². The van der Waals surface area contributed by atoms with Gasteiger partial charge in [0.1, 0.15) is 0 Å². The molecule has 0 aliphatic heterocycles. The van der Waals surface area contributed by atoms with Gasteiger partial charge in [-0.2, -0.15) is 0 Å². The highest BCUT2D eigenvalue weighted by atomic mass is 35.5. The number of hydrogen-bond donors (Lipinski definition) is 1. The lowest BCUT2D eigenvalue weighted by molar-refractivity contribution is -0.136. The van der Waals surface area contributed by atoms with Gasteiger partial charge in [0.05, 0.1) is 5.02 Å². The molecule has 18 heavy (non-hydrogen) atoms. The first-order valence-corrected chi connectivity index (χ1v) is 6.11. The van der Waals surface area contributed by atoms with Crippen LogP contribution in [-0.2, 0) is 11.2 Å². The van der Waals surface area contributed by atoms with Crippen LogP contribution < -0.4 is 0 Å². The van der Waals surface area contributed by atoms with E-state index >= 15 is 0 Å². The molecule has 0 saturated carbocycles. The van der Waals surface area contributed by atoms with Crippen molar-refractivity contribution in [2.24, 2.45) is 0 Å². The van der Waals surface area contributed by atoms with Gasteiger partial charge < -0.3 is 5.11 Å². The van der Waals surface area contributed by atoms with Crippen LogP contribution in [0.5, 0.6) is 0 Å². The van der Waals surface area contributed by atoms with Gasteiger partial charge in [0, 0.05) is 12.0 Å². The molecule has 0 unspecified atom stereocenters. The molecule has 92 valence electrons. The molecule has 0 spiro atoms. The third-order valence-corrected chi connectivity index (χ3v) is 3.22. The number of benzene rings is 2. The van der Waals surface area contributed by atoms with Crippen molar-refractivity contribution < 1.29 is 9.90 Å². The van der Waals surface area contributed by atoms with Gasteiger partial charge in [0.15, 0.2) is 0 Å². The van der Waals surface area contributed by atoms with Gasteiger partial charge in [-0.1, -0.05) is 60.1 Å². The molecule has 0 bridgehead atoms. The van der Waals surface area contributed by atoms with Crippen LogP contribution in [0, 0.1) is 0 Å². The molecule has 2 aromatic rings. The van der Waals surface area contributed by atoms with E-state index in [2.05, 4.69) is 0 Å². The number of hydrogen-bond acceptors (Lipinski definition) is 1. The molecule has 0 aliphatic rings. The van der Waals surface area contributed by atoms with E-state index in [0.29, 0.717) is 11.4 Å². The molecule has 2 rings (SSSR count). The average molecular weight is 261 g/mol. The summed E-state index contributed by atoms with van der Waals surface area (Å²) in [4.78, 5) is 10.6. The molecule has 0 radical (unpaired) electrons. The minimum absolute atomic E-state index is 0.0952. The fourth-order valence-corrected chi connectivity index (χ4v) is 2.18. The van der Waals surface area contributed by atoms with Crippen molar-refractivity contribution in [1.82, 2.24) is 0 Å². The monoisotopic (exact) mass is 260 g/mol. The van der Waals surface area contributed by atoms with Crippen LogP contribution in [0.15, 0.2) is 48.5 Å². The molecule has 0 heterocycles. The Kier molecular flexibility index (Phi) is 4.00. The Bertz CT molecular complexity index is 550. The lowest BCUT2D eigenvalue weighted by Crippen LogP contribution is -1.98. The first-order chi connectivity index (χ1) is 8.68. The normalized spacial score (nSPS) is 10.3. The largest absolute Gasteiger partial charge is 0.481 e. The highest BCUT2D eigenvalue weighted by molar-refractivity contribution is 6.34. The van der Waals surface area contributed by atoms with Crippen molar-refractivity contribution in [2.75, 3.05) is 0 Å². The van der Waals surface area contributed by atoms with E-state index < -0.39 is 5.97 Å². The Balaban J connectivity index is 2.33. The number of aryl methyl sites for hydroxylation is 1. The van der Waals surface area contributed by atoms with Crippen molar-refractivity contribution in [3.63, 3.8) is 0 Å². The zero-order valence-corrected chi connectivity index (χ0v) is 10.5. The molecular weight excluding hydrogens is 248 g/mol. The molecule has 2 aromatic carbocycles. The van der Waals surface area contributed by atoms with Gasteiger partial charge in [-0.25, -0.2) is 0 Å². The van der Waals surface area contributed by atoms with Crippen LogP contribution in [0.4, 0.5) is 0 Å². The molecule has 3 heteroatoms. The zero-order valence-electron chi connectivity index (χ0n) is 9.77. The molecule has 1 N–H and O–H groups in total. The summed E-state index contributed by atoms with van der Waals surface area (Å²) in [5.41, 5.74) is 2.86. The number of aliphatic carboxylic acids is 1. The highest BCUT2D eigenvalue weighted by Gasteiger charge is 2.08. The number of carboxylic acids is 1. The number of carboxylic acid groups (broad SMARTS) is 1. The van der Waals surface area contributed by atoms with Crippen molar-refractivity contribution in [2.45, 2.75) is 12.8 Å². The minimum Gasteiger partial charge on any atom is -0.481 e. The summed E-state index contributed by atoms with van der Waals surface area (Å²) in [6, 6.07) is 15.6. The summed E-state index contributed by atoms with van der Waals surface area (Å²) in [6.45, 7) is 0. The smallest absolute Gasteiger partial charge is 0.303 e. The molecular formula is C15H13ClO2. The van der Waals surface area contributed by atoms with E-state index in [1.807, 2.05) is 48.5 Å². The predicted molar refractivity (Wildman–Crippen MR) is 72.8 cm³/mol. The van der Waals surface area contributed by atoms with Crippen LogP contribution in [0.25, 0.3) is 11.1 Å². The maximum absolute atomic E-state index is 10.6. The van der Waals surface area contributed by atoms with Gasteiger partial charge in [-0.3, -0.25) is 4.79 Å². The van der Waals surface area contributed by atoms with Crippen molar-refractivity contribution in [3.8, 4) is 11.1 Å². The first-order valence-electron chi connectivity index (χ1n) is 5.73. The second kappa shape index (κ2) is 5.69. The SMILES string of the molecule is O=C(O)CCc1cccc(-c2ccccc2)c1Cl. The van der Waals surface area contributed by atoms with Crippen LogP contribution in [0.1, 0.15) is 12.0 Å². The Hall–Kier alpha value is -1.80. The summed E-state index contributed by atoms with van der Waals surface area (Å²) < 4.78 is 0. The molecule has 0 aromatic heterocycles. The average Bonchev–Trinajstić information content (AvgIpc) is 2.38. The van der Waals surface area contributed by atoms with Gasteiger partial charge >= 0.3 is 5.97 Å².